The highest BCUT2D eigenvalue weighted by molar-refractivity contribution is 4.99. The van der Waals surface area contributed by atoms with E-state index >= 15 is 0 Å². The van der Waals surface area contributed by atoms with Crippen LogP contribution in [0.2, 0.25) is 0 Å². The highest BCUT2D eigenvalue weighted by Crippen LogP contribution is 2.26. The van der Waals surface area contributed by atoms with E-state index in [-0.39, 0.29) is 0 Å². The second-order valence-electron chi connectivity index (χ2n) is 3.01. The molecule has 0 aromatic heterocycles. The van der Waals surface area contributed by atoms with Crippen LogP contribution in [0.1, 0.15) is 39.0 Å². The van der Waals surface area contributed by atoms with Gasteiger partial charge in [0.1, 0.15) is 0 Å². The molecule has 1 saturated carbocycles. The number of hydrogen-bond donors (Lipinski definition) is 1. The Morgan fingerprint density at radius 3 is 2.11 bits per heavy atom. The normalized spacial score (nSPS) is 26.0. The summed E-state index contributed by atoms with van der Waals surface area (Å²) in [6, 6.07) is 0.352. The molecule has 0 bridgehead atoms. The number of rotatable bonds is 1. The van der Waals surface area contributed by atoms with Crippen molar-refractivity contribution in [2.75, 3.05) is 0 Å². The first-order chi connectivity index (χ1) is 4.30. The fraction of sp³-hybridized carbons (Fsp3) is 0.875. The van der Waals surface area contributed by atoms with Crippen LogP contribution in [0.4, 0.5) is 0 Å². The lowest BCUT2D eigenvalue weighted by Gasteiger charge is -2.23. The zero-order chi connectivity index (χ0) is 6.69. The molecule has 9 heavy (non-hydrogen) atoms. The molecule has 0 aromatic carbocycles. The average Bonchev–Trinajstić information content (AvgIpc) is 1.90. The van der Waals surface area contributed by atoms with Crippen LogP contribution < -0.4 is 5.73 Å². The Labute approximate surface area is 57.6 Å². The van der Waals surface area contributed by atoms with Gasteiger partial charge in [0, 0.05) is 6.04 Å². The Hall–Kier alpha value is -0.0400. The van der Waals surface area contributed by atoms with Gasteiger partial charge >= 0.3 is 0 Å². The number of nitrogens with two attached hydrogens (primary N) is 1. The summed E-state index contributed by atoms with van der Waals surface area (Å²) in [6.45, 7) is 2.10. The van der Waals surface area contributed by atoms with Gasteiger partial charge in [-0.3, -0.25) is 0 Å². The van der Waals surface area contributed by atoms with Gasteiger partial charge in [-0.1, -0.05) is 19.3 Å². The van der Waals surface area contributed by atoms with Gasteiger partial charge in [0.25, 0.3) is 0 Å². The van der Waals surface area contributed by atoms with Crippen molar-refractivity contribution in [3.63, 3.8) is 0 Å². The molecule has 1 radical (unpaired) electrons. The lowest BCUT2D eigenvalue weighted by atomic mass is 9.85. The molecule has 1 aliphatic carbocycles. The predicted octanol–water partition coefficient (Wildman–Crippen LogP) is 1.87. The first kappa shape index (κ1) is 7.07. The Morgan fingerprint density at radius 1 is 1.22 bits per heavy atom. The predicted molar refractivity (Wildman–Crippen MR) is 40.0 cm³/mol. The smallest absolute Gasteiger partial charge is 0.00729 e. The summed E-state index contributed by atoms with van der Waals surface area (Å²) in [5.41, 5.74) is 5.73. The van der Waals surface area contributed by atoms with Gasteiger partial charge in [0.05, 0.1) is 0 Å². The second kappa shape index (κ2) is 3.21. The minimum atomic E-state index is 0.352. The summed E-state index contributed by atoms with van der Waals surface area (Å²) in [7, 11) is 0. The van der Waals surface area contributed by atoms with Crippen molar-refractivity contribution in [1.29, 1.82) is 0 Å². The summed E-state index contributed by atoms with van der Waals surface area (Å²) in [6.07, 6.45) is 6.74. The molecular formula is C8H16N. The van der Waals surface area contributed by atoms with Gasteiger partial charge in [-0.2, -0.15) is 0 Å². The van der Waals surface area contributed by atoms with E-state index in [0.29, 0.717) is 6.04 Å². The van der Waals surface area contributed by atoms with E-state index in [1.165, 1.54) is 32.1 Å². The molecule has 1 aliphatic rings. The zero-order valence-corrected chi connectivity index (χ0v) is 6.19. The molecule has 1 rings (SSSR count). The quantitative estimate of drug-likeness (QED) is 0.570. The van der Waals surface area contributed by atoms with Crippen LogP contribution in [0.25, 0.3) is 0 Å². The van der Waals surface area contributed by atoms with Crippen molar-refractivity contribution in [2.24, 2.45) is 5.73 Å². The van der Waals surface area contributed by atoms with E-state index in [1.54, 1.807) is 5.92 Å². The third-order valence-corrected chi connectivity index (χ3v) is 2.14. The standard InChI is InChI=1S/C8H16N/c1-7(9)8-5-3-2-4-6-8/h7H,2-6,9H2,1H3. The van der Waals surface area contributed by atoms with E-state index in [0.717, 1.165) is 0 Å². The third kappa shape index (κ3) is 1.98. The Bertz CT molecular complexity index is 72.6. The lowest BCUT2D eigenvalue weighted by molar-refractivity contribution is 0.486. The molecule has 1 heteroatoms. The minimum Gasteiger partial charge on any atom is -0.327 e. The van der Waals surface area contributed by atoms with Crippen LogP contribution in [-0.2, 0) is 0 Å². The third-order valence-electron chi connectivity index (χ3n) is 2.14. The molecule has 2 N–H and O–H groups in total. The molecule has 0 heterocycles. The topological polar surface area (TPSA) is 26.0 Å². The van der Waals surface area contributed by atoms with Gasteiger partial charge in [-0.25, -0.2) is 0 Å². The van der Waals surface area contributed by atoms with Crippen molar-refractivity contribution in [1.82, 2.24) is 0 Å². The minimum absolute atomic E-state index is 0.352. The molecule has 1 unspecified atom stereocenters. The maximum absolute atomic E-state index is 5.73. The Kier molecular flexibility index (Phi) is 2.52. The first-order valence-electron chi connectivity index (χ1n) is 3.91. The van der Waals surface area contributed by atoms with Crippen molar-refractivity contribution >= 4 is 0 Å². The van der Waals surface area contributed by atoms with Crippen molar-refractivity contribution < 1.29 is 0 Å². The molecule has 0 spiro atoms. The molecule has 1 fully saturated rings. The number of hydrogen-bond acceptors (Lipinski definition) is 1. The van der Waals surface area contributed by atoms with Crippen LogP contribution >= 0.6 is 0 Å². The van der Waals surface area contributed by atoms with E-state index < -0.39 is 0 Å². The van der Waals surface area contributed by atoms with E-state index in [9.17, 15) is 0 Å². The lowest BCUT2D eigenvalue weighted by Crippen LogP contribution is -2.26. The van der Waals surface area contributed by atoms with Crippen LogP contribution in [0.15, 0.2) is 0 Å². The van der Waals surface area contributed by atoms with E-state index in [4.69, 9.17) is 5.73 Å². The van der Waals surface area contributed by atoms with Crippen LogP contribution in [0.3, 0.4) is 0 Å². The molecular weight excluding hydrogens is 110 g/mol. The van der Waals surface area contributed by atoms with Crippen LogP contribution in [0.5, 0.6) is 0 Å². The van der Waals surface area contributed by atoms with E-state index in [1.807, 2.05) is 0 Å². The molecule has 0 saturated heterocycles. The summed E-state index contributed by atoms with van der Waals surface area (Å²) >= 11 is 0. The van der Waals surface area contributed by atoms with Gasteiger partial charge in [-0.05, 0) is 25.7 Å². The van der Waals surface area contributed by atoms with Crippen LogP contribution in [0, 0.1) is 5.92 Å². The van der Waals surface area contributed by atoms with Crippen LogP contribution in [-0.4, -0.2) is 6.04 Å². The molecule has 1 atom stereocenters. The summed E-state index contributed by atoms with van der Waals surface area (Å²) in [4.78, 5) is 0. The maximum atomic E-state index is 5.73. The zero-order valence-electron chi connectivity index (χ0n) is 6.19. The van der Waals surface area contributed by atoms with E-state index in [2.05, 4.69) is 6.92 Å². The Balaban J connectivity index is 2.23. The van der Waals surface area contributed by atoms with Gasteiger partial charge < -0.3 is 5.73 Å². The van der Waals surface area contributed by atoms with Gasteiger partial charge in [-0.15, -0.1) is 0 Å². The first-order valence-corrected chi connectivity index (χ1v) is 3.91. The Morgan fingerprint density at radius 2 is 1.78 bits per heavy atom. The molecule has 0 aliphatic heterocycles. The van der Waals surface area contributed by atoms with Gasteiger partial charge in [0.2, 0.25) is 0 Å². The summed E-state index contributed by atoms with van der Waals surface area (Å²) in [5.74, 6) is 1.58. The summed E-state index contributed by atoms with van der Waals surface area (Å²) < 4.78 is 0. The highest BCUT2D eigenvalue weighted by Gasteiger charge is 2.16. The average molecular weight is 126 g/mol. The second-order valence-corrected chi connectivity index (χ2v) is 3.01. The highest BCUT2D eigenvalue weighted by atomic mass is 14.6. The van der Waals surface area contributed by atoms with Crippen molar-refractivity contribution in [3.8, 4) is 0 Å². The van der Waals surface area contributed by atoms with Crippen molar-refractivity contribution in [3.05, 3.63) is 5.92 Å². The fourth-order valence-electron chi connectivity index (χ4n) is 1.46. The summed E-state index contributed by atoms with van der Waals surface area (Å²) in [5, 5.41) is 0. The largest absolute Gasteiger partial charge is 0.327 e. The monoisotopic (exact) mass is 126 g/mol. The van der Waals surface area contributed by atoms with Crippen molar-refractivity contribution in [2.45, 2.75) is 45.1 Å². The van der Waals surface area contributed by atoms with Gasteiger partial charge in [0.15, 0.2) is 0 Å². The molecule has 1 nitrogen and oxygen atoms in total. The SMILES string of the molecule is CC(N)[C]1CCCCC1. The maximum Gasteiger partial charge on any atom is 0.00729 e. The molecule has 0 amide bonds. The fourth-order valence-corrected chi connectivity index (χ4v) is 1.46. The molecule has 53 valence electrons. The molecule has 0 aromatic rings.